The zero-order chi connectivity index (χ0) is 15.4. The predicted molar refractivity (Wildman–Crippen MR) is 79.9 cm³/mol. The van der Waals surface area contributed by atoms with E-state index in [-0.39, 0.29) is 17.9 Å². The molecular weight excluding hydrogens is 272 g/mol. The van der Waals surface area contributed by atoms with Crippen molar-refractivity contribution in [2.24, 2.45) is 5.92 Å². The van der Waals surface area contributed by atoms with Gasteiger partial charge in [-0.25, -0.2) is 0 Å². The smallest absolute Gasteiger partial charge is 0.276 e. The highest BCUT2D eigenvalue weighted by molar-refractivity contribution is 5.46. The second kappa shape index (κ2) is 6.76. The fourth-order valence-electron chi connectivity index (χ4n) is 2.49. The number of ether oxygens (including phenoxy) is 2. The Hall–Kier alpha value is -1.82. The number of nitro benzene ring substituents is 1. The molecule has 0 bridgehead atoms. The predicted octanol–water partition coefficient (Wildman–Crippen LogP) is 2.76. The molecule has 1 saturated carbocycles. The summed E-state index contributed by atoms with van der Waals surface area (Å²) >= 11 is 0. The zero-order valence-corrected chi connectivity index (χ0v) is 12.7. The standard InChI is InChI=1S/C15H22N2O4/c1-10(2)20-14-6-12(17(18)19)7-15(8-14)21-13-4-11(5-13)9-16-3/h6-8,10-11,13,16H,4-5,9H2,1-3H3. The second-order valence-corrected chi connectivity index (χ2v) is 5.72. The summed E-state index contributed by atoms with van der Waals surface area (Å²) in [4.78, 5) is 10.6. The third kappa shape index (κ3) is 4.32. The first-order valence-electron chi connectivity index (χ1n) is 7.25. The quantitative estimate of drug-likeness (QED) is 0.618. The summed E-state index contributed by atoms with van der Waals surface area (Å²) in [6.45, 7) is 4.75. The summed E-state index contributed by atoms with van der Waals surface area (Å²) in [5.41, 5.74) is -0.00533. The van der Waals surface area contributed by atoms with E-state index < -0.39 is 4.92 Å². The first-order valence-corrected chi connectivity index (χ1v) is 7.25. The van der Waals surface area contributed by atoms with Gasteiger partial charge in [0.25, 0.3) is 5.69 Å². The molecule has 116 valence electrons. The van der Waals surface area contributed by atoms with Crippen molar-refractivity contribution in [3.05, 3.63) is 28.3 Å². The lowest BCUT2D eigenvalue weighted by atomic mass is 9.82. The highest BCUT2D eigenvalue weighted by Gasteiger charge is 2.30. The number of nitrogens with zero attached hydrogens (tertiary/aromatic N) is 1. The van der Waals surface area contributed by atoms with Gasteiger partial charge in [0, 0.05) is 6.07 Å². The van der Waals surface area contributed by atoms with Gasteiger partial charge >= 0.3 is 0 Å². The number of non-ortho nitro benzene ring substituents is 1. The van der Waals surface area contributed by atoms with Gasteiger partial charge in [-0.2, -0.15) is 0 Å². The van der Waals surface area contributed by atoms with Crippen molar-refractivity contribution in [2.45, 2.75) is 38.9 Å². The van der Waals surface area contributed by atoms with Crippen molar-refractivity contribution in [3.63, 3.8) is 0 Å². The average molecular weight is 294 g/mol. The molecule has 1 aliphatic carbocycles. The first-order chi connectivity index (χ1) is 9.97. The molecule has 0 radical (unpaired) electrons. The number of rotatable bonds is 7. The molecule has 1 aromatic carbocycles. The molecule has 6 heteroatoms. The third-order valence-electron chi connectivity index (χ3n) is 3.44. The molecule has 0 heterocycles. The van der Waals surface area contributed by atoms with E-state index in [1.54, 1.807) is 6.07 Å². The average Bonchev–Trinajstić information content (AvgIpc) is 2.35. The highest BCUT2D eigenvalue weighted by atomic mass is 16.6. The molecular formula is C15H22N2O4. The van der Waals surface area contributed by atoms with Gasteiger partial charge in [0.2, 0.25) is 0 Å². The molecule has 0 unspecified atom stereocenters. The van der Waals surface area contributed by atoms with Gasteiger partial charge in [-0.1, -0.05) is 0 Å². The summed E-state index contributed by atoms with van der Waals surface area (Å²) in [5.74, 6) is 1.61. The van der Waals surface area contributed by atoms with E-state index in [0.29, 0.717) is 17.4 Å². The maximum atomic E-state index is 11.0. The van der Waals surface area contributed by atoms with Crippen LogP contribution in [-0.2, 0) is 0 Å². The number of nitro groups is 1. The Bertz CT molecular complexity index is 498. The van der Waals surface area contributed by atoms with Crippen LogP contribution >= 0.6 is 0 Å². The largest absolute Gasteiger partial charge is 0.491 e. The molecule has 1 aliphatic rings. The maximum Gasteiger partial charge on any atom is 0.276 e. The van der Waals surface area contributed by atoms with Gasteiger partial charge in [0.1, 0.15) is 11.5 Å². The van der Waals surface area contributed by atoms with Gasteiger partial charge in [-0.05, 0) is 46.2 Å². The Kier molecular flexibility index (Phi) is 5.01. The normalized spacial score (nSPS) is 21.0. The van der Waals surface area contributed by atoms with Crippen LogP contribution < -0.4 is 14.8 Å². The van der Waals surface area contributed by atoms with Crippen LogP contribution in [-0.4, -0.2) is 30.7 Å². The first kappa shape index (κ1) is 15.6. The molecule has 0 aliphatic heterocycles. The molecule has 21 heavy (non-hydrogen) atoms. The number of benzene rings is 1. The van der Waals surface area contributed by atoms with Crippen molar-refractivity contribution < 1.29 is 14.4 Å². The minimum atomic E-state index is -0.426. The van der Waals surface area contributed by atoms with Crippen molar-refractivity contribution in [1.29, 1.82) is 0 Å². The van der Waals surface area contributed by atoms with Crippen LogP contribution in [0.25, 0.3) is 0 Å². The molecule has 0 atom stereocenters. The molecule has 1 aromatic rings. The zero-order valence-electron chi connectivity index (χ0n) is 12.7. The third-order valence-corrected chi connectivity index (χ3v) is 3.44. The van der Waals surface area contributed by atoms with Crippen LogP contribution in [0.1, 0.15) is 26.7 Å². The van der Waals surface area contributed by atoms with Crippen LogP contribution in [0.5, 0.6) is 11.5 Å². The second-order valence-electron chi connectivity index (χ2n) is 5.72. The van der Waals surface area contributed by atoms with Crippen molar-refractivity contribution in [2.75, 3.05) is 13.6 Å². The van der Waals surface area contributed by atoms with Crippen LogP contribution in [0.2, 0.25) is 0 Å². The van der Waals surface area contributed by atoms with Gasteiger partial charge in [-0.3, -0.25) is 10.1 Å². The minimum Gasteiger partial charge on any atom is -0.491 e. The Balaban J connectivity index is 2.04. The molecule has 0 amide bonds. The summed E-state index contributed by atoms with van der Waals surface area (Å²) < 4.78 is 11.4. The van der Waals surface area contributed by atoms with Crippen LogP contribution in [0.15, 0.2) is 18.2 Å². The summed E-state index contributed by atoms with van der Waals surface area (Å²) in [6.07, 6.45) is 2.05. The fraction of sp³-hybridized carbons (Fsp3) is 0.600. The Morgan fingerprint density at radius 3 is 2.57 bits per heavy atom. The summed E-state index contributed by atoms with van der Waals surface area (Å²) in [5, 5.41) is 14.1. The van der Waals surface area contributed by atoms with Crippen LogP contribution in [0.3, 0.4) is 0 Å². The lowest BCUT2D eigenvalue weighted by Gasteiger charge is -2.35. The van der Waals surface area contributed by atoms with E-state index >= 15 is 0 Å². The lowest BCUT2D eigenvalue weighted by Crippen LogP contribution is -2.38. The number of hydrogen-bond acceptors (Lipinski definition) is 5. The monoisotopic (exact) mass is 294 g/mol. The Morgan fingerprint density at radius 1 is 1.33 bits per heavy atom. The minimum absolute atomic E-state index is 0.00533. The van der Waals surface area contributed by atoms with Gasteiger partial charge in [0.05, 0.1) is 29.3 Å². The van der Waals surface area contributed by atoms with E-state index in [0.717, 1.165) is 19.4 Å². The Labute approximate surface area is 124 Å². The molecule has 0 spiro atoms. The fourth-order valence-corrected chi connectivity index (χ4v) is 2.49. The van der Waals surface area contributed by atoms with Gasteiger partial charge < -0.3 is 14.8 Å². The molecule has 6 nitrogen and oxygen atoms in total. The van der Waals surface area contributed by atoms with Gasteiger partial charge in [0.15, 0.2) is 0 Å². The van der Waals surface area contributed by atoms with Crippen molar-refractivity contribution in [1.82, 2.24) is 5.32 Å². The molecule has 2 rings (SSSR count). The molecule has 1 N–H and O–H groups in total. The van der Waals surface area contributed by atoms with E-state index in [4.69, 9.17) is 9.47 Å². The SMILES string of the molecule is CNCC1CC(Oc2cc(OC(C)C)cc([N+](=O)[O-])c2)C1. The van der Waals surface area contributed by atoms with Crippen LogP contribution in [0, 0.1) is 16.0 Å². The molecule has 1 fully saturated rings. The molecule has 0 aromatic heterocycles. The number of hydrogen-bond donors (Lipinski definition) is 1. The van der Waals surface area contributed by atoms with E-state index in [1.165, 1.54) is 12.1 Å². The van der Waals surface area contributed by atoms with Crippen molar-refractivity contribution in [3.8, 4) is 11.5 Å². The van der Waals surface area contributed by atoms with Gasteiger partial charge in [-0.15, -0.1) is 0 Å². The molecule has 0 saturated heterocycles. The number of nitrogens with one attached hydrogen (secondary N) is 1. The van der Waals surface area contributed by atoms with Crippen molar-refractivity contribution >= 4 is 5.69 Å². The topological polar surface area (TPSA) is 73.6 Å². The van der Waals surface area contributed by atoms with E-state index in [2.05, 4.69) is 5.32 Å². The highest BCUT2D eigenvalue weighted by Crippen LogP contribution is 2.34. The summed E-state index contributed by atoms with van der Waals surface area (Å²) in [6, 6.07) is 4.61. The Morgan fingerprint density at radius 2 is 2.00 bits per heavy atom. The maximum absolute atomic E-state index is 11.0. The lowest BCUT2D eigenvalue weighted by molar-refractivity contribution is -0.385. The summed E-state index contributed by atoms with van der Waals surface area (Å²) in [7, 11) is 1.93. The van der Waals surface area contributed by atoms with E-state index in [1.807, 2.05) is 20.9 Å². The van der Waals surface area contributed by atoms with Crippen LogP contribution in [0.4, 0.5) is 5.69 Å². The van der Waals surface area contributed by atoms with E-state index in [9.17, 15) is 10.1 Å².